The Morgan fingerprint density at radius 3 is 1.82 bits per heavy atom. The molecule has 8 heteroatoms. The molecule has 0 spiro atoms. The van der Waals surface area contributed by atoms with Crippen LogP contribution in [-0.2, 0) is 14.8 Å². The summed E-state index contributed by atoms with van der Waals surface area (Å²) in [5.74, 6) is -2.49. The number of nitrogens with one attached hydrogen (secondary N) is 1. The molecule has 0 bridgehead atoms. The summed E-state index contributed by atoms with van der Waals surface area (Å²) in [6.45, 7) is 0. The van der Waals surface area contributed by atoms with E-state index < -0.39 is 22.1 Å². The van der Waals surface area contributed by atoms with Crippen molar-refractivity contribution in [2.45, 2.75) is 6.18 Å². The van der Waals surface area contributed by atoms with Crippen molar-refractivity contribution in [2.75, 3.05) is 6.26 Å². The third-order valence-corrected chi connectivity index (χ3v) is 1.09. The van der Waals surface area contributed by atoms with E-state index in [1.54, 1.807) is 0 Å². The van der Waals surface area contributed by atoms with Gasteiger partial charge in [-0.25, -0.2) is 13.1 Å². The lowest BCUT2D eigenvalue weighted by molar-refractivity contribution is -0.171. The van der Waals surface area contributed by atoms with Crippen molar-refractivity contribution < 1.29 is 26.4 Å². The van der Waals surface area contributed by atoms with Gasteiger partial charge in [0.15, 0.2) is 0 Å². The van der Waals surface area contributed by atoms with Crippen molar-refractivity contribution in [2.24, 2.45) is 0 Å². The average Bonchev–Trinajstić information content (AvgIpc) is 1.56. The van der Waals surface area contributed by atoms with Gasteiger partial charge in [0, 0.05) is 0 Å². The molecular weight excluding hydrogens is 187 g/mol. The smallest absolute Gasteiger partial charge is 0.263 e. The normalized spacial score (nSPS) is 12.7. The summed E-state index contributed by atoms with van der Waals surface area (Å²) in [4.78, 5) is 9.86. The van der Waals surface area contributed by atoms with Crippen LogP contribution in [0.25, 0.3) is 0 Å². The van der Waals surface area contributed by atoms with Gasteiger partial charge in [-0.15, -0.1) is 0 Å². The molecule has 1 N–H and O–H groups in total. The van der Waals surface area contributed by atoms with Crippen molar-refractivity contribution in [3.05, 3.63) is 0 Å². The third kappa shape index (κ3) is 4.59. The zero-order valence-electron chi connectivity index (χ0n) is 5.27. The molecule has 0 atom stereocenters. The first kappa shape index (κ1) is 10.2. The zero-order valence-corrected chi connectivity index (χ0v) is 6.08. The molecule has 0 heterocycles. The molecule has 0 aromatic rings. The van der Waals surface area contributed by atoms with Gasteiger partial charge in [-0.05, 0) is 0 Å². The Balaban J connectivity index is 4.35. The standard InChI is InChI=1S/C3H4F3NO3S/c1-11(9,10)7-2(8)3(4,5)6/h1H3,(H,7,8). The molecule has 0 unspecified atom stereocenters. The maximum absolute atomic E-state index is 11.3. The average molecular weight is 191 g/mol. The maximum atomic E-state index is 11.3. The number of alkyl halides is 3. The van der Waals surface area contributed by atoms with Gasteiger partial charge < -0.3 is 0 Å². The van der Waals surface area contributed by atoms with Crippen LogP contribution in [-0.4, -0.2) is 26.8 Å². The van der Waals surface area contributed by atoms with E-state index in [1.165, 1.54) is 0 Å². The summed E-state index contributed by atoms with van der Waals surface area (Å²) in [7, 11) is -4.13. The molecular formula is C3H4F3NO3S. The van der Waals surface area contributed by atoms with Crippen LogP contribution in [0.4, 0.5) is 13.2 Å². The number of halogens is 3. The topological polar surface area (TPSA) is 63.2 Å². The van der Waals surface area contributed by atoms with E-state index in [1.807, 2.05) is 0 Å². The van der Waals surface area contributed by atoms with E-state index in [-0.39, 0.29) is 0 Å². The third-order valence-electron chi connectivity index (χ3n) is 0.536. The van der Waals surface area contributed by atoms with Crippen LogP contribution in [0, 0.1) is 0 Å². The largest absolute Gasteiger partial charge is 0.472 e. The zero-order chi connectivity index (χ0) is 9.28. The lowest BCUT2D eigenvalue weighted by Crippen LogP contribution is -2.39. The Bertz CT molecular complexity index is 253. The van der Waals surface area contributed by atoms with Gasteiger partial charge in [-0.1, -0.05) is 0 Å². The van der Waals surface area contributed by atoms with E-state index in [0.717, 1.165) is 4.72 Å². The maximum Gasteiger partial charge on any atom is 0.472 e. The van der Waals surface area contributed by atoms with E-state index in [0.29, 0.717) is 6.26 Å². The molecule has 0 aliphatic rings. The van der Waals surface area contributed by atoms with Gasteiger partial charge in [-0.2, -0.15) is 13.2 Å². The van der Waals surface area contributed by atoms with Gasteiger partial charge in [0.1, 0.15) is 0 Å². The first-order valence-corrected chi connectivity index (χ1v) is 4.11. The van der Waals surface area contributed by atoms with Crippen LogP contribution in [0.5, 0.6) is 0 Å². The quantitative estimate of drug-likeness (QED) is 0.614. The van der Waals surface area contributed by atoms with Gasteiger partial charge >= 0.3 is 12.1 Å². The predicted molar refractivity (Wildman–Crippen MR) is 29.0 cm³/mol. The Labute approximate surface area is 60.4 Å². The van der Waals surface area contributed by atoms with Crippen molar-refractivity contribution in [3.63, 3.8) is 0 Å². The number of hydrogen-bond donors (Lipinski definition) is 1. The molecule has 0 radical (unpaired) electrons. The lowest BCUT2D eigenvalue weighted by Gasteiger charge is -2.04. The number of carbonyl (C=O) groups is 1. The fraction of sp³-hybridized carbons (Fsp3) is 0.667. The minimum absolute atomic E-state index is 0.455. The number of amides is 1. The van der Waals surface area contributed by atoms with Gasteiger partial charge in [-0.3, -0.25) is 4.79 Å². The van der Waals surface area contributed by atoms with Crippen LogP contribution >= 0.6 is 0 Å². The second kappa shape index (κ2) is 2.68. The highest BCUT2D eigenvalue weighted by atomic mass is 32.2. The summed E-state index contributed by atoms with van der Waals surface area (Å²) in [5, 5.41) is 0. The van der Waals surface area contributed by atoms with Crippen molar-refractivity contribution in [1.82, 2.24) is 4.72 Å². The number of carbonyl (C=O) groups excluding carboxylic acids is 1. The van der Waals surface area contributed by atoms with Gasteiger partial charge in [0.2, 0.25) is 10.0 Å². The SMILES string of the molecule is CS(=O)(=O)NC(=O)C(F)(F)F. The van der Waals surface area contributed by atoms with Crippen LogP contribution in [0.1, 0.15) is 0 Å². The molecule has 0 aliphatic heterocycles. The molecule has 1 amide bonds. The molecule has 0 saturated carbocycles. The van der Waals surface area contributed by atoms with Crippen molar-refractivity contribution in [1.29, 1.82) is 0 Å². The van der Waals surface area contributed by atoms with E-state index in [2.05, 4.69) is 0 Å². The van der Waals surface area contributed by atoms with E-state index >= 15 is 0 Å². The number of rotatable bonds is 1. The number of sulfonamides is 1. The predicted octanol–water partition coefficient (Wildman–Crippen LogP) is -0.375. The fourth-order valence-electron chi connectivity index (χ4n) is 0.226. The first-order chi connectivity index (χ1) is 4.63. The minimum Gasteiger partial charge on any atom is -0.263 e. The summed E-state index contributed by atoms with van der Waals surface area (Å²) >= 11 is 0. The molecule has 0 saturated heterocycles. The van der Waals surface area contributed by atoms with Crippen molar-refractivity contribution in [3.8, 4) is 0 Å². The van der Waals surface area contributed by atoms with Crippen LogP contribution in [0.2, 0.25) is 0 Å². The lowest BCUT2D eigenvalue weighted by atomic mass is 10.6. The molecule has 66 valence electrons. The Morgan fingerprint density at radius 1 is 1.36 bits per heavy atom. The summed E-state index contributed by atoms with van der Waals surface area (Å²) in [5.41, 5.74) is 0. The Morgan fingerprint density at radius 2 is 1.73 bits per heavy atom. The van der Waals surface area contributed by atoms with Crippen LogP contribution in [0.3, 0.4) is 0 Å². The van der Waals surface area contributed by atoms with Crippen LogP contribution in [0.15, 0.2) is 0 Å². The highest BCUT2D eigenvalue weighted by Crippen LogP contribution is 2.14. The van der Waals surface area contributed by atoms with E-state index in [4.69, 9.17) is 0 Å². The molecule has 0 rings (SSSR count). The van der Waals surface area contributed by atoms with Gasteiger partial charge in [0.05, 0.1) is 6.26 Å². The molecule has 0 aromatic heterocycles. The highest BCUT2D eigenvalue weighted by Gasteiger charge is 2.40. The second-order valence-corrected chi connectivity index (χ2v) is 3.45. The van der Waals surface area contributed by atoms with Crippen LogP contribution < -0.4 is 4.72 Å². The Kier molecular flexibility index (Phi) is 2.49. The molecule has 11 heavy (non-hydrogen) atoms. The second-order valence-electron chi connectivity index (χ2n) is 1.70. The molecule has 0 aliphatic carbocycles. The Hall–Kier alpha value is -0.790. The summed E-state index contributed by atoms with van der Waals surface area (Å²) in [6.07, 6.45) is -4.71. The minimum atomic E-state index is -5.16. The molecule has 4 nitrogen and oxygen atoms in total. The molecule has 0 fully saturated rings. The fourth-order valence-corrected chi connectivity index (χ4v) is 0.679. The molecule has 0 aromatic carbocycles. The summed E-state index contributed by atoms with van der Waals surface area (Å²) in [6, 6.07) is 0. The summed E-state index contributed by atoms with van der Waals surface area (Å²) < 4.78 is 54.8. The van der Waals surface area contributed by atoms with E-state index in [9.17, 15) is 26.4 Å². The van der Waals surface area contributed by atoms with Crippen molar-refractivity contribution >= 4 is 15.9 Å². The number of hydrogen-bond acceptors (Lipinski definition) is 3. The first-order valence-electron chi connectivity index (χ1n) is 2.22. The highest BCUT2D eigenvalue weighted by molar-refractivity contribution is 7.89. The van der Waals surface area contributed by atoms with Gasteiger partial charge in [0.25, 0.3) is 0 Å². The monoisotopic (exact) mass is 191 g/mol.